The molecule has 4 heteroatoms. The molecule has 0 saturated carbocycles. The van der Waals surface area contributed by atoms with Crippen LogP contribution in [-0.2, 0) is 4.79 Å². The minimum absolute atomic E-state index is 0.0463. The van der Waals surface area contributed by atoms with Gasteiger partial charge in [-0.1, -0.05) is 0 Å². The van der Waals surface area contributed by atoms with Crippen LogP contribution in [0.3, 0.4) is 0 Å². The summed E-state index contributed by atoms with van der Waals surface area (Å²) in [5.41, 5.74) is 1.57. The molecule has 0 spiro atoms. The molecule has 1 saturated heterocycles. The maximum atomic E-state index is 11.3. The molecule has 1 amide bonds. The topological polar surface area (TPSA) is 32.3 Å². The number of nitrogens with zero attached hydrogens (tertiary/aromatic N) is 1. The highest BCUT2D eigenvalue weighted by Gasteiger charge is 2.27. The van der Waals surface area contributed by atoms with Gasteiger partial charge in [-0.3, -0.25) is 9.69 Å². The van der Waals surface area contributed by atoms with Gasteiger partial charge >= 0.3 is 0 Å². The molecule has 3 nitrogen and oxygen atoms in total. The summed E-state index contributed by atoms with van der Waals surface area (Å²) in [7, 11) is 1.66. The third-order valence-corrected chi connectivity index (χ3v) is 1.93. The van der Waals surface area contributed by atoms with E-state index in [1.54, 1.807) is 7.05 Å². The number of hydrogen-bond donors (Lipinski definition) is 1. The Kier molecular flexibility index (Phi) is 1.95. The first-order chi connectivity index (χ1) is 5.04. The number of carbonyl (C=O) groups is 1. The van der Waals surface area contributed by atoms with Gasteiger partial charge in [-0.15, -0.1) is 0 Å². The Balaban J connectivity index is 3.02. The maximum absolute atomic E-state index is 11.3. The third-order valence-electron chi connectivity index (χ3n) is 1.56. The monoisotopic (exact) mass is 170 g/mol. The van der Waals surface area contributed by atoms with Crippen molar-refractivity contribution in [3.05, 3.63) is 11.3 Å². The molecule has 1 heterocycles. The van der Waals surface area contributed by atoms with E-state index in [-0.39, 0.29) is 5.91 Å². The number of rotatable bonds is 0. The standard InChI is InChI=1S/C7H10N2OS/c1-4(2)5-6(10)9(3)7(11)8-5/h1-3H3,(H,8,11). The molecule has 1 aliphatic rings. The van der Waals surface area contributed by atoms with Crippen LogP contribution < -0.4 is 5.32 Å². The van der Waals surface area contributed by atoms with Crippen LogP contribution in [0.2, 0.25) is 0 Å². The molecule has 11 heavy (non-hydrogen) atoms. The van der Waals surface area contributed by atoms with Gasteiger partial charge in [-0.2, -0.15) is 0 Å². The summed E-state index contributed by atoms with van der Waals surface area (Å²) in [6, 6.07) is 0. The highest BCUT2D eigenvalue weighted by Crippen LogP contribution is 2.10. The van der Waals surface area contributed by atoms with Crippen molar-refractivity contribution in [2.75, 3.05) is 7.05 Å². The summed E-state index contributed by atoms with van der Waals surface area (Å²) in [5, 5.41) is 3.32. The Morgan fingerprint density at radius 1 is 1.55 bits per heavy atom. The van der Waals surface area contributed by atoms with Crippen molar-refractivity contribution >= 4 is 23.2 Å². The molecule has 0 aromatic rings. The van der Waals surface area contributed by atoms with E-state index in [4.69, 9.17) is 12.2 Å². The number of thiocarbonyl (C=S) groups is 1. The Bertz CT molecular complexity index is 253. The molecular formula is C7H10N2OS. The lowest BCUT2D eigenvalue weighted by Crippen LogP contribution is -2.25. The van der Waals surface area contributed by atoms with E-state index in [9.17, 15) is 4.79 Å². The lowest BCUT2D eigenvalue weighted by Gasteiger charge is -2.02. The summed E-state index contributed by atoms with van der Waals surface area (Å²) in [4.78, 5) is 12.7. The van der Waals surface area contributed by atoms with Crippen molar-refractivity contribution in [1.82, 2.24) is 10.2 Å². The van der Waals surface area contributed by atoms with E-state index in [1.807, 2.05) is 13.8 Å². The molecule has 0 radical (unpaired) electrons. The highest BCUT2D eigenvalue weighted by molar-refractivity contribution is 7.80. The van der Waals surface area contributed by atoms with Crippen molar-refractivity contribution in [3.8, 4) is 0 Å². The van der Waals surface area contributed by atoms with E-state index in [2.05, 4.69) is 5.32 Å². The van der Waals surface area contributed by atoms with Crippen molar-refractivity contribution < 1.29 is 4.79 Å². The molecule has 1 N–H and O–H groups in total. The van der Waals surface area contributed by atoms with Crippen molar-refractivity contribution in [2.45, 2.75) is 13.8 Å². The van der Waals surface area contributed by atoms with Gasteiger partial charge in [-0.05, 0) is 31.6 Å². The Labute approximate surface area is 71.1 Å². The van der Waals surface area contributed by atoms with Gasteiger partial charge in [0.15, 0.2) is 5.11 Å². The predicted octanol–water partition coefficient (Wildman–Crippen LogP) is 0.627. The minimum Gasteiger partial charge on any atom is -0.328 e. The van der Waals surface area contributed by atoms with Gasteiger partial charge in [0.05, 0.1) is 0 Å². The summed E-state index contributed by atoms with van der Waals surface area (Å²) in [5.74, 6) is -0.0463. The second-order valence-corrected chi connectivity index (χ2v) is 3.06. The van der Waals surface area contributed by atoms with Crippen LogP contribution in [0.1, 0.15) is 13.8 Å². The predicted molar refractivity (Wildman–Crippen MR) is 46.9 cm³/mol. The van der Waals surface area contributed by atoms with Gasteiger partial charge in [0.25, 0.3) is 5.91 Å². The van der Waals surface area contributed by atoms with Crippen molar-refractivity contribution in [1.29, 1.82) is 0 Å². The van der Waals surface area contributed by atoms with Crippen LogP contribution >= 0.6 is 12.2 Å². The zero-order valence-corrected chi connectivity index (χ0v) is 7.58. The Hall–Kier alpha value is -0.900. The molecule has 60 valence electrons. The van der Waals surface area contributed by atoms with E-state index >= 15 is 0 Å². The smallest absolute Gasteiger partial charge is 0.276 e. The number of nitrogens with one attached hydrogen (secondary N) is 1. The quantitative estimate of drug-likeness (QED) is 0.427. The molecule has 0 atom stereocenters. The van der Waals surface area contributed by atoms with E-state index in [0.29, 0.717) is 10.8 Å². The molecule has 1 rings (SSSR count). The summed E-state index contributed by atoms with van der Waals surface area (Å²) in [6.45, 7) is 3.75. The van der Waals surface area contributed by atoms with Crippen LogP contribution in [-0.4, -0.2) is 23.0 Å². The zero-order valence-electron chi connectivity index (χ0n) is 6.76. The first kappa shape index (κ1) is 8.20. The molecule has 1 aliphatic heterocycles. The number of likely N-dealkylation sites (N-methyl/N-ethyl adjacent to an activating group) is 1. The second-order valence-electron chi connectivity index (χ2n) is 2.67. The minimum atomic E-state index is -0.0463. The van der Waals surface area contributed by atoms with Gasteiger partial charge < -0.3 is 5.32 Å². The number of allylic oxidation sites excluding steroid dienone is 1. The summed E-state index contributed by atoms with van der Waals surface area (Å²) >= 11 is 4.87. The van der Waals surface area contributed by atoms with Gasteiger partial charge in [0.2, 0.25) is 0 Å². The van der Waals surface area contributed by atoms with Crippen LogP contribution in [0.25, 0.3) is 0 Å². The molecular weight excluding hydrogens is 160 g/mol. The number of hydrogen-bond acceptors (Lipinski definition) is 2. The van der Waals surface area contributed by atoms with Gasteiger partial charge in [0.1, 0.15) is 5.70 Å². The summed E-state index contributed by atoms with van der Waals surface area (Å²) < 4.78 is 0. The zero-order chi connectivity index (χ0) is 8.59. The normalized spacial score (nSPS) is 17.4. The summed E-state index contributed by atoms with van der Waals surface area (Å²) in [6.07, 6.45) is 0. The molecule has 0 aliphatic carbocycles. The maximum Gasteiger partial charge on any atom is 0.276 e. The highest BCUT2D eigenvalue weighted by atomic mass is 32.1. The van der Waals surface area contributed by atoms with E-state index in [1.165, 1.54) is 4.90 Å². The van der Waals surface area contributed by atoms with Gasteiger partial charge in [0, 0.05) is 7.05 Å². The fourth-order valence-corrected chi connectivity index (χ4v) is 1.03. The molecule has 0 bridgehead atoms. The Morgan fingerprint density at radius 2 is 2.09 bits per heavy atom. The second kappa shape index (κ2) is 2.62. The molecule has 0 unspecified atom stereocenters. The van der Waals surface area contributed by atoms with Crippen molar-refractivity contribution in [3.63, 3.8) is 0 Å². The van der Waals surface area contributed by atoms with Crippen LogP contribution in [0.15, 0.2) is 11.3 Å². The average molecular weight is 170 g/mol. The SMILES string of the molecule is CC(C)=C1NC(=S)N(C)C1=O. The average Bonchev–Trinajstić information content (AvgIpc) is 2.17. The molecule has 0 aromatic carbocycles. The van der Waals surface area contributed by atoms with Crippen molar-refractivity contribution in [2.24, 2.45) is 0 Å². The molecule has 1 fully saturated rings. The van der Waals surface area contributed by atoms with Crippen LogP contribution in [0, 0.1) is 0 Å². The van der Waals surface area contributed by atoms with Crippen LogP contribution in [0.4, 0.5) is 0 Å². The number of amides is 1. The fraction of sp³-hybridized carbons (Fsp3) is 0.429. The Morgan fingerprint density at radius 3 is 2.27 bits per heavy atom. The van der Waals surface area contributed by atoms with E-state index in [0.717, 1.165) is 5.57 Å². The molecule has 0 aromatic heterocycles. The lowest BCUT2D eigenvalue weighted by atomic mass is 10.2. The first-order valence-corrected chi connectivity index (χ1v) is 3.71. The van der Waals surface area contributed by atoms with E-state index < -0.39 is 0 Å². The largest absolute Gasteiger partial charge is 0.328 e. The van der Waals surface area contributed by atoms with Gasteiger partial charge in [-0.25, -0.2) is 0 Å². The lowest BCUT2D eigenvalue weighted by molar-refractivity contribution is -0.121. The number of carbonyl (C=O) groups excluding carboxylic acids is 1. The van der Waals surface area contributed by atoms with Crippen LogP contribution in [0.5, 0.6) is 0 Å². The first-order valence-electron chi connectivity index (χ1n) is 3.30. The third kappa shape index (κ3) is 1.26. The fourth-order valence-electron chi connectivity index (χ4n) is 0.843.